The number of benzene rings is 1. The number of nitro groups is 1. The zero-order chi connectivity index (χ0) is 13.8. The fourth-order valence-electron chi connectivity index (χ4n) is 2.36. The minimum atomic E-state index is -0.693. The van der Waals surface area contributed by atoms with Gasteiger partial charge in [0.05, 0.1) is 12.0 Å². The first-order valence-electron chi connectivity index (χ1n) is 6.25. The van der Waals surface area contributed by atoms with Gasteiger partial charge in [0.15, 0.2) is 0 Å². The molecule has 0 saturated heterocycles. The minimum absolute atomic E-state index is 0.0181. The first-order chi connectivity index (χ1) is 9.11. The van der Waals surface area contributed by atoms with E-state index in [4.69, 9.17) is 0 Å². The molecule has 19 heavy (non-hydrogen) atoms. The van der Waals surface area contributed by atoms with Gasteiger partial charge in [-0.25, -0.2) is 4.79 Å². The fraction of sp³-hybridized carbons (Fsp3) is 0.462. The Morgan fingerprint density at radius 2 is 2.11 bits per heavy atom. The van der Waals surface area contributed by atoms with Crippen molar-refractivity contribution in [2.45, 2.75) is 31.7 Å². The van der Waals surface area contributed by atoms with Gasteiger partial charge in [0.2, 0.25) is 0 Å². The summed E-state index contributed by atoms with van der Waals surface area (Å²) in [5.41, 5.74) is 0.470. The van der Waals surface area contributed by atoms with E-state index in [0.29, 0.717) is 6.04 Å². The molecule has 1 N–H and O–H groups in total. The standard InChI is InChI=1S/C13H16N2O4/c1-19-13(16)11-8-10(6-7-12(11)15(17)18)14-9-4-2-3-5-9/h6-9,14H,2-5H2,1H3. The highest BCUT2D eigenvalue weighted by Crippen LogP contribution is 2.27. The fourth-order valence-corrected chi connectivity index (χ4v) is 2.36. The van der Waals surface area contributed by atoms with Crippen LogP contribution in [0.4, 0.5) is 11.4 Å². The Morgan fingerprint density at radius 1 is 1.42 bits per heavy atom. The number of hydrogen-bond acceptors (Lipinski definition) is 5. The van der Waals surface area contributed by atoms with Crippen LogP contribution in [0.1, 0.15) is 36.0 Å². The van der Waals surface area contributed by atoms with E-state index in [-0.39, 0.29) is 11.3 Å². The quantitative estimate of drug-likeness (QED) is 0.513. The zero-order valence-electron chi connectivity index (χ0n) is 10.7. The summed E-state index contributed by atoms with van der Waals surface area (Å²) >= 11 is 0. The second-order valence-electron chi connectivity index (χ2n) is 4.61. The summed E-state index contributed by atoms with van der Waals surface area (Å²) in [5.74, 6) is -0.693. The van der Waals surface area contributed by atoms with Gasteiger partial charge in [-0.2, -0.15) is 0 Å². The van der Waals surface area contributed by atoms with Gasteiger partial charge >= 0.3 is 5.97 Å². The number of nitrogens with zero attached hydrogens (tertiary/aromatic N) is 1. The van der Waals surface area contributed by atoms with Gasteiger partial charge in [-0.3, -0.25) is 10.1 Å². The maximum Gasteiger partial charge on any atom is 0.344 e. The summed E-state index contributed by atoms with van der Waals surface area (Å²) in [5, 5.41) is 14.2. The van der Waals surface area contributed by atoms with Crippen LogP contribution in [0.15, 0.2) is 18.2 Å². The number of esters is 1. The maximum absolute atomic E-state index is 11.6. The number of anilines is 1. The minimum Gasteiger partial charge on any atom is -0.465 e. The number of nitro benzene ring substituents is 1. The molecule has 0 aromatic heterocycles. The van der Waals surface area contributed by atoms with Crippen LogP contribution in [0.5, 0.6) is 0 Å². The summed E-state index contributed by atoms with van der Waals surface area (Å²) in [6.07, 6.45) is 4.55. The highest BCUT2D eigenvalue weighted by atomic mass is 16.6. The molecular formula is C13H16N2O4. The van der Waals surface area contributed by atoms with E-state index in [1.165, 1.54) is 32.1 Å². The molecule has 0 radical (unpaired) electrons. The highest BCUT2D eigenvalue weighted by molar-refractivity contribution is 5.95. The van der Waals surface area contributed by atoms with Crippen molar-refractivity contribution in [2.24, 2.45) is 0 Å². The summed E-state index contributed by atoms with van der Waals surface area (Å²) in [6.45, 7) is 0. The molecule has 0 bridgehead atoms. The third kappa shape index (κ3) is 3.01. The number of carbonyl (C=O) groups excluding carboxylic acids is 1. The summed E-state index contributed by atoms with van der Waals surface area (Å²) in [4.78, 5) is 21.9. The van der Waals surface area contributed by atoms with Crippen molar-refractivity contribution in [1.29, 1.82) is 0 Å². The SMILES string of the molecule is COC(=O)c1cc(NC2CCCC2)ccc1[N+](=O)[O-]. The van der Waals surface area contributed by atoms with Crippen molar-refractivity contribution in [3.8, 4) is 0 Å². The van der Waals surface area contributed by atoms with Crippen LogP contribution in [0, 0.1) is 10.1 Å². The molecule has 0 unspecified atom stereocenters. The molecule has 1 saturated carbocycles. The van der Waals surface area contributed by atoms with Crippen molar-refractivity contribution in [1.82, 2.24) is 0 Å². The van der Waals surface area contributed by atoms with E-state index < -0.39 is 10.9 Å². The lowest BCUT2D eigenvalue weighted by molar-refractivity contribution is -0.385. The molecule has 1 aliphatic rings. The van der Waals surface area contributed by atoms with Crippen LogP contribution >= 0.6 is 0 Å². The van der Waals surface area contributed by atoms with E-state index in [2.05, 4.69) is 10.1 Å². The predicted octanol–water partition coefficient (Wildman–Crippen LogP) is 2.74. The number of nitrogens with one attached hydrogen (secondary N) is 1. The van der Waals surface area contributed by atoms with Gasteiger partial charge in [-0.15, -0.1) is 0 Å². The summed E-state index contributed by atoms with van der Waals surface area (Å²) < 4.78 is 4.58. The molecule has 0 heterocycles. The average molecular weight is 264 g/mol. The molecule has 6 heteroatoms. The van der Waals surface area contributed by atoms with E-state index in [0.717, 1.165) is 18.5 Å². The van der Waals surface area contributed by atoms with Crippen LogP contribution in [0.3, 0.4) is 0 Å². The molecule has 0 amide bonds. The molecule has 1 fully saturated rings. The lowest BCUT2D eigenvalue weighted by atomic mass is 10.1. The van der Waals surface area contributed by atoms with E-state index in [1.54, 1.807) is 6.07 Å². The zero-order valence-corrected chi connectivity index (χ0v) is 10.7. The monoisotopic (exact) mass is 264 g/mol. The van der Waals surface area contributed by atoms with E-state index >= 15 is 0 Å². The van der Waals surface area contributed by atoms with Crippen LogP contribution in [0.2, 0.25) is 0 Å². The lowest BCUT2D eigenvalue weighted by Gasteiger charge is -2.14. The normalized spacial score (nSPS) is 15.2. The first-order valence-corrected chi connectivity index (χ1v) is 6.25. The van der Waals surface area contributed by atoms with Crippen LogP contribution < -0.4 is 5.32 Å². The Balaban J connectivity index is 2.26. The first kappa shape index (κ1) is 13.3. The second-order valence-corrected chi connectivity index (χ2v) is 4.61. The molecule has 1 aromatic carbocycles. The highest BCUT2D eigenvalue weighted by Gasteiger charge is 2.22. The summed E-state index contributed by atoms with van der Waals surface area (Å²) in [7, 11) is 1.21. The molecule has 0 spiro atoms. The second kappa shape index (κ2) is 5.69. The molecule has 0 aliphatic heterocycles. The van der Waals surface area contributed by atoms with Gasteiger partial charge in [0, 0.05) is 17.8 Å². The smallest absolute Gasteiger partial charge is 0.344 e. The number of methoxy groups -OCH3 is 1. The van der Waals surface area contributed by atoms with E-state index in [1.807, 2.05) is 0 Å². The topological polar surface area (TPSA) is 81.5 Å². The number of carbonyl (C=O) groups is 1. The van der Waals surface area contributed by atoms with Crippen LogP contribution in [0.25, 0.3) is 0 Å². The molecule has 0 atom stereocenters. The van der Waals surface area contributed by atoms with Crippen LogP contribution in [-0.4, -0.2) is 24.0 Å². The Hall–Kier alpha value is -2.11. The van der Waals surface area contributed by atoms with Crippen molar-refractivity contribution >= 4 is 17.3 Å². The Bertz CT molecular complexity index is 495. The van der Waals surface area contributed by atoms with Gasteiger partial charge in [-0.1, -0.05) is 12.8 Å². The van der Waals surface area contributed by atoms with Gasteiger partial charge in [0.1, 0.15) is 5.56 Å². The van der Waals surface area contributed by atoms with Gasteiger partial charge < -0.3 is 10.1 Å². The van der Waals surface area contributed by atoms with Gasteiger partial charge in [-0.05, 0) is 25.0 Å². The van der Waals surface area contributed by atoms with Crippen molar-refractivity contribution < 1.29 is 14.5 Å². The molecule has 2 rings (SSSR count). The third-order valence-corrected chi connectivity index (χ3v) is 3.32. The molecular weight excluding hydrogens is 248 g/mol. The largest absolute Gasteiger partial charge is 0.465 e. The Kier molecular flexibility index (Phi) is 3.99. The van der Waals surface area contributed by atoms with Crippen molar-refractivity contribution in [2.75, 3.05) is 12.4 Å². The van der Waals surface area contributed by atoms with Crippen molar-refractivity contribution in [3.63, 3.8) is 0 Å². The summed E-state index contributed by atoms with van der Waals surface area (Å²) in [6, 6.07) is 4.83. The van der Waals surface area contributed by atoms with Crippen LogP contribution in [-0.2, 0) is 4.74 Å². The number of hydrogen-bond donors (Lipinski definition) is 1. The molecule has 102 valence electrons. The van der Waals surface area contributed by atoms with Gasteiger partial charge in [0.25, 0.3) is 5.69 Å². The molecule has 6 nitrogen and oxygen atoms in total. The molecule has 1 aromatic rings. The Morgan fingerprint density at radius 3 is 2.68 bits per heavy atom. The predicted molar refractivity (Wildman–Crippen MR) is 70.3 cm³/mol. The number of ether oxygens (including phenoxy) is 1. The lowest BCUT2D eigenvalue weighted by Crippen LogP contribution is -2.15. The third-order valence-electron chi connectivity index (χ3n) is 3.32. The van der Waals surface area contributed by atoms with E-state index in [9.17, 15) is 14.9 Å². The number of rotatable bonds is 4. The van der Waals surface area contributed by atoms with Crippen molar-refractivity contribution in [3.05, 3.63) is 33.9 Å². The Labute approximate surface area is 110 Å². The molecule has 1 aliphatic carbocycles. The average Bonchev–Trinajstić information content (AvgIpc) is 2.90. The maximum atomic E-state index is 11.6.